The summed E-state index contributed by atoms with van der Waals surface area (Å²) < 4.78 is 12.9. The molecule has 3 aliphatic carbocycles. The van der Waals surface area contributed by atoms with E-state index in [1.807, 2.05) is 12.2 Å². The van der Waals surface area contributed by atoms with E-state index in [1.165, 1.54) is 40.8 Å². The monoisotopic (exact) mass is 972 g/mol. The second-order valence-corrected chi connectivity index (χ2v) is 22.1. The lowest BCUT2D eigenvalue weighted by atomic mass is 9.66. The Bertz CT molecular complexity index is 2490. The molecule has 1 saturated heterocycles. The number of nitrogens with zero attached hydrogens (tertiary/aromatic N) is 1. The van der Waals surface area contributed by atoms with Gasteiger partial charge in [-0.05, 0) is 132 Å². The number of ether oxygens (including phenoxy) is 2. The van der Waals surface area contributed by atoms with Crippen LogP contribution < -0.4 is 26.4 Å². The number of aliphatic hydroxyl groups is 4. The van der Waals surface area contributed by atoms with Gasteiger partial charge in [0, 0.05) is 60.7 Å². The van der Waals surface area contributed by atoms with Crippen LogP contribution in [0.4, 0.5) is 0 Å². The van der Waals surface area contributed by atoms with Crippen LogP contribution in [0, 0.1) is 42.9 Å². The number of carbonyl (C=O) groups excluding carboxylic acids is 1. The van der Waals surface area contributed by atoms with Gasteiger partial charge in [0.1, 0.15) is 12.2 Å². The molecule has 10 N–H and O–H groups in total. The first kappa shape index (κ1) is 51.0. The number of esters is 1. The number of aliphatic imine (C=N–C) groups is 1. The minimum Gasteiger partial charge on any atom is -0.504 e. The summed E-state index contributed by atoms with van der Waals surface area (Å²) >= 11 is 0. The average Bonchev–Trinajstić information content (AvgIpc) is 3.79. The Hall–Kier alpha value is -4.94. The zero-order valence-electron chi connectivity index (χ0n) is 42.0. The Morgan fingerprint density at radius 1 is 0.986 bits per heavy atom. The van der Waals surface area contributed by atoms with Crippen molar-refractivity contribution in [3.8, 4) is 23.3 Å². The lowest BCUT2D eigenvalue weighted by Crippen LogP contribution is -2.59. The first-order valence-corrected chi connectivity index (χ1v) is 26.5. The normalized spacial score (nSPS) is 32.1. The number of hydrogen-bond donors (Lipinski definition) is 9. The topological polar surface area (TPSA) is 211 Å². The molecule has 2 fully saturated rings. The highest BCUT2D eigenvalue weighted by Gasteiger charge is 2.48. The third kappa shape index (κ3) is 11.5. The summed E-state index contributed by atoms with van der Waals surface area (Å²) in [6.07, 6.45) is 9.31. The van der Waals surface area contributed by atoms with Crippen LogP contribution in [0.25, 0.3) is 0 Å². The third-order valence-electron chi connectivity index (χ3n) is 16.9. The fourth-order valence-corrected chi connectivity index (χ4v) is 13.5. The van der Waals surface area contributed by atoms with Crippen LogP contribution in [0.1, 0.15) is 142 Å². The van der Waals surface area contributed by atoms with Crippen molar-refractivity contribution in [1.82, 2.24) is 16.0 Å². The second-order valence-electron chi connectivity index (χ2n) is 22.1. The molecule has 9 rings (SSSR count). The SMILES string of the molecule is CC(=O)OC1CC(O)CCC23C#CC4CCCC5(CNCCc6cccc(c6)C(Cc6cc(C)cc(C)c6)C6(CCCC6)NC(N)=NC2C=CCC3O)CC(CCN5)Oc2cc(c(C(O)O)cc2O)CC41. The molecule has 8 bridgehead atoms. The van der Waals surface area contributed by atoms with Crippen molar-refractivity contribution in [2.45, 2.75) is 177 Å². The largest absolute Gasteiger partial charge is 0.504 e. The fourth-order valence-electron chi connectivity index (χ4n) is 13.5. The number of piperidine rings is 1. The lowest BCUT2D eigenvalue weighted by Gasteiger charge is -2.43. The van der Waals surface area contributed by atoms with Crippen molar-refractivity contribution < 1.29 is 39.8 Å². The molecule has 13 nitrogen and oxygen atoms in total. The Balaban J connectivity index is 1.21. The molecule has 382 valence electrons. The van der Waals surface area contributed by atoms with Gasteiger partial charge in [-0.3, -0.25) is 4.79 Å². The van der Waals surface area contributed by atoms with E-state index < -0.39 is 59.4 Å². The standard InChI is InChI=1S/C58H77N5O8/c1-36-25-37(2)27-40(26-36)29-48-42-10-6-9-39(28-42)16-23-60-35-56-18-8-11-41-14-21-57(52(12-7-13-53(57)67)62-55(59)63-58(48)19-4-5-20-58)22-15-44(65)32-50(70-38(3)64)46(41)30-43-31-51(49(66)33-47(43)54(68)69)71-45(34-56)17-24-61-56/h6-7,9-10,12,25-28,31,33,41,44-46,48,50,52-54,60-61,65-69H,4-5,8,11,13,15-20,22-24,29-30,32,34-35H2,1-3H3,(H3,59,62,63). The molecule has 3 spiro atoms. The Kier molecular flexibility index (Phi) is 15.5. The predicted octanol–water partition coefficient (Wildman–Crippen LogP) is 6.37. The van der Waals surface area contributed by atoms with Gasteiger partial charge < -0.3 is 56.7 Å². The summed E-state index contributed by atoms with van der Waals surface area (Å²) in [5, 5.41) is 69.0. The molecule has 13 heteroatoms. The Morgan fingerprint density at radius 2 is 1.79 bits per heavy atom. The molecule has 0 radical (unpaired) electrons. The second kappa shape index (κ2) is 21.6. The molecule has 10 unspecified atom stereocenters. The number of nitrogens with two attached hydrogens (primary N) is 1. The Labute approximate surface area is 420 Å². The highest BCUT2D eigenvalue weighted by Crippen LogP contribution is 2.46. The van der Waals surface area contributed by atoms with Gasteiger partial charge in [0.15, 0.2) is 23.7 Å². The van der Waals surface area contributed by atoms with Crippen LogP contribution >= 0.6 is 0 Å². The summed E-state index contributed by atoms with van der Waals surface area (Å²) in [5.41, 5.74) is 12.2. The number of phenolic OH excluding ortho intramolecular Hbond substituents is 1. The lowest BCUT2D eigenvalue weighted by molar-refractivity contribution is -0.152. The minimum atomic E-state index is -1.92. The summed E-state index contributed by atoms with van der Waals surface area (Å²) in [7, 11) is 0. The number of aryl methyl sites for hydroxylation is 2. The number of fused-ring (bicyclic) bond motifs is 7. The molecule has 6 aliphatic rings. The smallest absolute Gasteiger partial charge is 0.302 e. The molecular formula is C58H77N5O8. The average molecular weight is 972 g/mol. The number of rotatable bonds is 4. The Morgan fingerprint density at radius 3 is 2.56 bits per heavy atom. The molecular weight excluding hydrogens is 895 g/mol. The first-order chi connectivity index (χ1) is 34.1. The molecule has 1 saturated carbocycles. The van der Waals surface area contributed by atoms with Gasteiger partial charge in [0.2, 0.25) is 0 Å². The van der Waals surface area contributed by atoms with Crippen LogP contribution in [-0.4, -0.2) is 98.6 Å². The highest BCUT2D eigenvalue weighted by atomic mass is 16.5. The molecule has 10 atom stereocenters. The van der Waals surface area contributed by atoms with E-state index in [1.54, 1.807) is 6.07 Å². The van der Waals surface area contributed by atoms with Crippen molar-refractivity contribution in [1.29, 1.82) is 0 Å². The predicted molar refractivity (Wildman–Crippen MR) is 275 cm³/mol. The molecule has 3 aromatic rings. The van der Waals surface area contributed by atoms with Crippen molar-refractivity contribution in [3.05, 3.63) is 106 Å². The maximum atomic E-state index is 13.0. The zero-order chi connectivity index (χ0) is 49.9. The van der Waals surface area contributed by atoms with Crippen molar-refractivity contribution >= 4 is 11.9 Å². The van der Waals surface area contributed by atoms with E-state index in [2.05, 4.69) is 84.1 Å². The van der Waals surface area contributed by atoms with Gasteiger partial charge in [-0.25, -0.2) is 4.99 Å². The number of nitrogens with one attached hydrogen (secondary N) is 3. The highest BCUT2D eigenvalue weighted by molar-refractivity contribution is 5.79. The third-order valence-corrected chi connectivity index (χ3v) is 16.9. The maximum absolute atomic E-state index is 13.0. The van der Waals surface area contributed by atoms with Gasteiger partial charge in [-0.2, -0.15) is 0 Å². The van der Waals surface area contributed by atoms with Crippen LogP contribution in [0.5, 0.6) is 11.5 Å². The number of carbonyl (C=O) groups is 1. The quantitative estimate of drug-likeness (QED) is 0.0605. The van der Waals surface area contributed by atoms with Crippen LogP contribution in [0.15, 0.2) is 71.7 Å². The number of benzene rings is 3. The van der Waals surface area contributed by atoms with Gasteiger partial charge in [0.25, 0.3) is 0 Å². The molecule has 3 aromatic carbocycles. The van der Waals surface area contributed by atoms with E-state index in [9.17, 15) is 30.3 Å². The van der Waals surface area contributed by atoms with Crippen molar-refractivity contribution in [2.75, 3.05) is 19.6 Å². The van der Waals surface area contributed by atoms with E-state index in [0.29, 0.717) is 56.7 Å². The van der Waals surface area contributed by atoms with E-state index in [-0.39, 0.29) is 53.9 Å². The summed E-state index contributed by atoms with van der Waals surface area (Å²) in [4.78, 5) is 18.3. The molecule has 3 heterocycles. The number of guanidine groups is 1. The molecule has 3 aliphatic heterocycles. The van der Waals surface area contributed by atoms with E-state index in [0.717, 1.165) is 57.9 Å². The fraction of sp³-hybridized carbons (Fsp3) is 0.586. The summed E-state index contributed by atoms with van der Waals surface area (Å²) in [5.74, 6) is 6.31. The van der Waals surface area contributed by atoms with E-state index in [4.69, 9.17) is 20.2 Å². The van der Waals surface area contributed by atoms with Crippen molar-refractivity contribution in [3.63, 3.8) is 0 Å². The molecule has 0 amide bonds. The molecule has 0 aromatic heterocycles. The number of aromatic hydroxyl groups is 1. The van der Waals surface area contributed by atoms with Gasteiger partial charge >= 0.3 is 5.97 Å². The van der Waals surface area contributed by atoms with Crippen LogP contribution in [-0.2, 0) is 28.8 Å². The van der Waals surface area contributed by atoms with E-state index >= 15 is 0 Å². The maximum Gasteiger partial charge on any atom is 0.302 e. The number of phenols is 1. The minimum absolute atomic E-state index is 0.0616. The van der Waals surface area contributed by atoms with Crippen LogP contribution in [0.3, 0.4) is 0 Å². The van der Waals surface area contributed by atoms with Gasteiger partial charge in [-0.15, -0.1) is 0 Å². The summed E-state index contributed by atoms with van der Waals surface area (Å²) in [6.45, 7) is 7.80. The number of aliphatic hydroxyl groups excluding tert-OH is 3. The molecule has 71 heavy (non-hydrogen) atoms. The first-order valence-electron chi connectivity index (χ1n) is 26.5. The van der Waals surface area contributed by atoms with Crippen LogP contribution in [0.2, 0.25) is 0 Å². The zero-order valence-corrected chi connectivity index (χ0v) is 42.0. The van der Waals surface area contributed by atoms with Crippen molar-refractivity contribution in [2.24, 2.45) is 28.0 Å². The van der Waals surface area contributed by atoms with Gasteiger partial charge in [-0.1, -0.05) is 96.8 Å². The summed E-state index contributed by atoms with van der Waals surface area (Å²) in [6, 6.07) is 18.3. The number of hydrogen-bond acceptors (Lipinski definition) is 13. The van der Waals surface area contributed by atoms with Gasteiger partial charge in [0.05, 0.1) is 23.7 Å².